The Kier molecular flexibility index (Phi) is 3.26. The summed E-state index contributed by atoms with van der Waals surface area (Å²) in [7, 11) is 3.58. The van der Waals surface area contributed by atoms with Gasteiger partial charge in [-0.3, -0.25) is 0 Å². The maximum atomic E-state index is 13.4. The van der Waals surface area contributed by atoms with Crippen LogP contribution in [0.5, 0.6) is 0 Å². The second kappa shape index (κ2) is 5.31. The summed E-state index contributed by atoms with van der Waals surface area (Å²) in [6.07, 6.45) is 2.47. The Balaban J connectivity index is 1.75. The fourth-order valence-electron chi connectivity index (χ4n) is 3.03. The number of aryl methyl sites for hydroxylation is 1. The van der Waals surface area contributed by atoms with Gasteiger partial charge in [-0.15, -0.1) is 10.2 Å². The normalized spacial score (nSPS) is 21.4. The van der Waals surface area contributed by atoms with Crippen LogP contribution in [-0.4, -0.2) is 39.5 Å². The summed E-state index contributed by atoms with van der Waals surface area (Å²) in [5.41, 5.74) is 1.05. The summed E-state index contributed by atoms with van der Waals surface area (Å²) < 4.78 is 26.5. The van der Waals surface area contributed by atoms with Crippen molar-refractivity contribution >= 4 is 17.1 Å². The Morgan fingerprint density at radius 3 is 3.00 bits per heavy atom. The minimum absolute atomic E-state index is 0.0449. The van der Waals surface area contributed by atoms with Crippen LogP contribution in [0.4, 0.5) is 10.4 Å². The van der Waals surface area contributed by atoms with E-state index in [9.17, 15) is 4.39 Å². The Morgan fingerprint density at radius 2 is 2.26 bits per heavy atom. The van der Waals surface area contributed by atoms with Crippen LogP contribution in [0.2, 0.25) is 0 Å². The molecule has 120 valence electrons. The third-order valence-corrected chi connectivity index (χ3v) is 4.22. The number of rotatable bonds is 3. The summed E-state index contributed by atoms with van der Waals surface area (Å²) in [6, 6.07) is 4.70. The zero-order valence-electron chi connectivity index (χ0n) is 12.8. The number of halogens is 1. The lowest BCUT2D eigenvalue weighted by atomic mass is 10.2. The van der Waals surface area contributed by atoms with Gasteiger partial charge in [0.25, 0.3) is 6.01 Å². The number of aromatic nitrogens is 4. The quantitative estimate of drug-likeness (QED) is 0.736. The van der Waals surface area contributed by atoms with Crippen molar-refractivity contribution in [3.05, 3.63) is 36.2 Å². The van der Waals surface area contributed by atoms with E-state index < -0.39 is 0 Å². The van der Waals surface area contributed by atoms with E-state index in [4.69, 9.17) is 9.15 Å². The molecule has 2 aromatic heterocycles. The van der Waals surface area contributed by atoms with Crippen molar-refractivity contribution in [3.63, 3.8) is 0 Å². The van der Waals surface area contributed by atoms with Crippen LogP contribution in [0.1, 0.15) is 18.3 Å². The van der Waals surface area contributed by atoms with Crippen LogP contribution in [-0.2, 0) is 11.8 Å². The van der Waals surface area contributed by atoms with Gasteiger partial charge < -0.3 is 18.6 Å². The van der Waals surface area contributed by atoms with Gasteiger partial charge >= 0.3 is 0 Å². The molecule has 1 aliphatic rings. The average molecular weight is 317 g/mol. The van der Waals surface area contributed by atoms with Gasteiger partial charge in [0.1, 0.15) is 17.7 Å². The number of ether oxygens (including phenoxy) is 1. The Bertz CT molecular complexity index is 845. The number of hydrogen-bond acceptors (Lipinski definition) is 6. The van der Waals surface area contributed by atoms with Gasteiger partial charge in [-0.2, -0.15) is 4.98 Å². The molecule has 0 radical (unpaired) electrons. The van der Waals surface area contributed by atoms with E-state index in [1.165, 1.54) is 12.1 Å². The van der Waals surface area contributed by atoms with Crippen LogP contribution in [0.15, 0.2) is 28.9 Å². The Hall–Kier alpha value is -2.48. The molecule has 1 aliphatic heterocycles. The molecule has 3 heterocycles. The number of benzene rings is 1. The third-order valence-electron chi connectivity index (χ3n) is 4.22. The highest BCUT2D eigenvalue weighted by Gasteiger charge is 2.38. The first-order valence-electron chi connectivity index (χ1n) is 7.35. The van der Waals surface area contributed by atoms with Crippen molar-refractivity contribution in [1.82, 2.24) is 19.7 Å². The van der Waals surface area contributed by atoms with E-state index in [-0.39, 0.29) is 18.0 Å². The van der Waals surface area contributed by atoms with E-state index in [1.54, 1.807) is 19.5 Å². The first-order valence-corrected chi connectivity index (χ1v) is 7.35. The molecular formula is C15H16FN5O2. The highest BCUT2D eigenvalue weighted by atomic mass is 19.1. The average Bonchev–Trinajstić information content (AvgIpc) is 3.22. The fourth-order valence-corrected chi connectivity index (χ4v) is 3.03. The van der Waals surface area contributed by atoms with Crippen molar-refractivity contribution in [3.8, 4) is 0 Å². The van der Waals surface area contributed by atoms with Crippen molar-refractivity contribution in [1.29, 1.82) is 0 Å². The van der Waals surface area contributed by atoms with Crippen molar-refractivity contribution in [2.75, 3.05) is 18.6 Å². The first kappa shape index (κ1) is 14.1. The highest BCUT2D eigenvalue weighted by molar-refractivity contribution is 5.74. The molecule has 0 N–H and O–H groups in total. The van der Waals surface area contributed by atoms with E-state index in [0.29, 0.717) is 23.7 Å². The topological polar surface area (TPSA) is 69.2 Å². The van der Waals surface area contributed by atoms with E-state index in [1.807, 2.05) is 16.5 Å². The zero-order chi connectivity index (χ0) is 16.0. The van der Waals surface area contributed by atoms with Crippen LogP contribution < -0.4 is 4.90 Å². The van der Waals surface area contributed by atoms with E-state index in [0.717, 1.165) is 12.2 Å². The Labute approximate surface area is 131 Å². The molecule has 1 saturated heterocycles. The summed E-state index contributed by atoms with van der Waals surface area (Å²) >= 11 is 0. The summed E-state index contributed by atoms with van der Waals surface area (Å²) in [6.45, 7) is 0.628. The van der Waals surface area contributed by atoms with E-state index >= 15 is 0 Å². The molecule has 1 aromatic carbocycles. The highest BCUT2D eigenvalue weighted by Crippen LogP contribution is 2.37. The van der Waals surface area contributed by atoms with Gasteiger partial charge in [0, 0.05) is 33.2 Å². The fraction of sp³-hybridized carbons (Fsp3) is 0.400. The third kappa shape index (κ3) is 2.35. The minimum Gasteiger partial charge on any atom is -0.423 e. The monoisotopic (exact) mass is 317 g/mol. The molecule has 0 unspecified atom stereocenters. The van der Waals surface area contributed by atoms with Crippen molar-refractivity contribution in [2.24, 2.45) is 7.05 Å². The van der Waals surface area contributed by atoms with Gasteiger partial charge in [-0.1, -0.05) is 0 Å². The van der Waals surface area contributed by atoms with Gasteiger partial charge in [0.2, 0.25) is 0 Å². The van der Waals surface area contributed by atoms with Gasteiger partial charge in [-0.05, 0) is 12.1 Å². The number of anilines is 1. The number of methoxy groups -OCH3 is 1. The molecule has 1 fully saturated rings. The molecule has 4 rings (SSSR count). The van der Waals surface area contributed by atoms with Crippen molar-refractivity contribution in [2.45, 2.75) is 18.6 Å². The molecule has 7 nitrogen and oxygen atoms in total. The molecule has 0 saturated carbocycles. The van der Waals surface area contributed by atoms with E-state index in [2.05, 4.69) is 15.2 Å². The molecule has 0 amide bonds. The molecule has 8 heteroatoms. The van der Waals surface area contributed by atoms with Gasteiger partial charge in [-0.25, -0.2) is 4.39 Å². The molecule has 0 aliphatic carbocycles. The maximum Gasteiger partial charge on any atom is 0.299 e. The number of nitrogens with zero attached hydrogens (tertiary/aromatic N) is 5. The lowest BCUT2D eigenvalue weighted by Gasteiger charge is -2.21. The molecule has 0 spiro atoms. The Morgan fingerprint density at radius 1 is 1.39 bits per heavy atom. The molecule has 23 heavy (non-hydrogen) atoms. The van der Waals surface area contributed by atoms with Crippen LogP contribution in [0.25, 0.3) is 11.1 Å². The summed E-state index contributed by atoms with van der Waals surface area (Å²) in [5.74, 6) is 0.483. The zero-order valence-corrected chi connectivity index (χ0v) is 12.8. The molecule has 0 bridgehead atoms. The van der Waals surface area contributed by atoms with Crippen molar-refractivity contribution < 1.29 is 13.5 Å². The lowest BCUT2D eigenvalue weighted by molar-refractivity contribution is 0.118. The smallest absolute Gasteiger partial charge is 0.299 e. The largest absolute Gasteiger partial charge is 0.423 e. The van der Waals surface area contributed by atoms with Gasteiger partial charge in [0.15, 0.2) is 11.4 Å². The number of hydrogen-bond donors (Lipinski definition) is 0. The van der Waals surface area contributed by atoms with Crippen LogP contribution in [0.3, 0.4) is 0 Å². The maximum absolute atomic E-state index is 13.4. The first-order chi connectivity index (χ1) is 11.2. The standard InChI is InChI=1S/C15H16FN5O2/c1-20-8-17-19-14(20)12-6-10(22-2)7-21(12)15-18-11-5-9(16)3-4-13(11)23-15/h3-5,8,10,12H,6-7H2,1-2H3/t10-,12+/m1/s1. The SMILES string of the molecule is CO[C@@H]1C[C@@H](c2nncn2C)N(c2nc3cc(F)ccc3o2)C1. The van der Waals surface area contributed by atoms with Gasteiger partial charge in [0.05, 0.1) is 12.1 Å². The summed E-state index contributed by atoms with van der Waals surface area (Å²) in [4.78, 5) is 6.42. The predicted molar refractivity (Wildman–Crippen MR) is 80.5 cm³/mol. The second-order valence-corrected chi connectivity index (χ2v) is 5.67. The lowest BCUT2D eigenvalue weighted by Crippen LogP contribution is -2.26. The molecular weight excluding hydrogens is 301 g/mol. The molecule has 3 aromatic rings. The van der Waals surface area contributed by atoms with Crippen LogP contribution in [0, 0.1) is 5.82 Å². The predicted octanol–water partition coefficient (Wildman–Crippen LogP) is 2.06. The number of fused-ring (bicyclic) bond motifs is 1. The molecule has 2 atom stereocenters. The number of oxazole rings is 1. The summed E-state index contributed by atoms with van der Waals surface area (Å²) in [5, 5.41) is 8.14. The minimum atomic E-state index is -0.335. The van der Waals surface area contributed by atoms with Crippen LogP contribution >= 0.6 is 0 Å². The second-order valence-electron chi connectivity index (χ2n) is 5.67.